The molecule has 2 aromatic rings. The first-order valence-corrected chi connectivity index (χ1v) is 51.3. The average Bonchev–Trinajstić information content (AvgIpc) is 1.83. The predicted molar refractivity (Wildman–Crippen MR) is 537 cm³/mol. The lowest BCUT2D eigenvalue weighted by Crippen LogP contribution is -2.52. The number of nitrogens with zero attached hydrogens (tertiary/aromatic N) is 4. The maximum atomic E-state index is 13.9. The normalized spacial score (nSPS) is 16.4. The van der Waals surface area contributed by atoms with Crippen molar-refractivity contribution in [2.24, 2.45) is 0 Å². The third-order valence-corrected chi connectivity index (χ3v) is 22.1. The summed E-state index contributed by atoms with van der Waals surface area (Å²) in [5, 5.41) is 25.6. The van der Waals surface area contributed by atoms with E-state index in [2.05, 4.69) is 58.1 Å². The van der Waals surface area contributed by atoms with Crippen LogP contribution in [0.15, 0.2) is 72.8 Å². The topological polar surface area (TPSA) is 583 Å². The Balaban J connectivity index is 0.962. The monoisotopic (exact) mass is 2140 g/mol. The third-order valence-electron chi connectivity index (χ3n) is 22.1. The second kappa shape index (κ2) is 88.4. The third kappa shape index (κ3) is 70.9. The van der Waals surface area contributed by atoms with Crippen molar-refractivity contribution < 1.29 is 171 Å². The Hall–Kier alpha value is -10.1. The van der Waals surface area contributed by atoms with Crippen LogP contribution < -0.4 is 53.2 Å². The summed E-state index contributed by atoms with van der Waals surface area (Å²) in [6, 6.07) is 15.6. The van der Waals surface area contributed by atoms with Crippen molar-refractivity contribution in [2.75, 3.05) is 369 Å². The highest BCUT2D eigenvalue weighted by Crippen LogP contribution is 2.24. The Morgan fingerprint density at radius 2 is 0.660 bits per heavy atom. The number of amides is 13. The first-order valence-electron chi connectivity index (χ1n) is 51.3. The summed E-state index contributed by atoms with van der Waals surface area (Å²) < 4.78 is 119. The number of carbonyl (C=O) groups excluding carboxylic acids is 15. The number of benzene rings is 2. The smallest absolute Gasteiger partial charge is 0.253 e. The molecule has 2 aromatic carbocycles. The second-order valence-electron chi connectivity index (χ2n) is 34.1. The molecule has 13 amide bonds. The highest BCUT2D eigenvalue weighted by atomic mass is 16.6. The fourth-order valence-electron chi connectivity index (χ4n) is 14.2. The first kappa shape index (κ1) is 130. The lowest BCUT2D eigenvalue weighted by atomic mass is 9.90. The van der Waals surface area contributed by atoms with Gasteiger partial charge in [-0.25, -0.2) is 0 Å². The average molecular weight is 2140 g/mol. The van der Waals surface area contributed by atoms with E-state index >= 15 is 0 Å². The van der Waals surface area contributed by atoms with Gasteiger partial charge in [-0.1, -0.05) is 60.7 Å². The molecule has 50 heteroatoms. The number of ketones is 2. The molecule has 3 aliphatic rings. The highest BCUT2D eigenvalue weighted by Gasteiger charge is 2.30. The Bertz CT molecular complexity index is 4030. The van der Waals surface area contributed by atoms with Crippen molar-refractivity contribution in [1.29, 1.82) is 0 Å². The van der Waals surface area contributed by atoms with Crippen molar-refractivity contribution in [1.82, 2.24) is 72.8 Å². The van der Waals surface area contributed by atoms with Crippen LogP contribution in [-0.2, 0) is 184 Å². The molecule has 848 valence electrons. The number of hydrogen-bond donors (Lipinski definition) is 10. The lowest BCUT2D eigenvalue weighted by molar-refractivity contribution is -0.138. The molecule has 0 radical (unpaired) electrons. The molecule has 2 fully saturated rings. The van der Waals surface area contributed by atoms with E-state index in [1.165, 1.54) is 26.0 Å². The van der Waals surface area contributed by atoms with Gasteiger partial charge in [0.25, 0.3) is 11.8 Å². The molecule has 2 heterocycles. The molecular weight excluding hydrogens is 1970 g/mol. The number of ether oxygens (including phenoxy) is 21. The molecule has 1 aliphatic carbocycles. The van der Waals surface area contributed by atoms with E-state index in [1.54, 1.807) is 59.5 Å². The van der Waals surface area contributed by atoms with Gasteiger partial charge in [0.2, 0.25) is 65.0 Å². The summed E-state index contributed by atoms with van der Waals surface area (Å²) in [5.41, 5.74) is 1.47. The van der Waals surface area contributed by atoms with E-state index in [-0.39, 0.29) is 178 Å². The summed E-state index contributed by atoms with van der Waals surface area (Å²) in [4.78, 5) is 195. The van der Waals surface area contributed by atoms with Crippen molar-refractivity contribution >= 4 is 88.4 Å². The van der Waals surface area contributed by atoms with Crippen LogP contribution in [0.25, 0.3) is 0 Å². The first-order chi connectivity index (χ1) is 73.1. The lowest BCUT2D eigenvalue weighted by Gasteiger charge is -2.37. The zero-order chi connectivity index (χ0) is 108. The van der Waals surface area contributed by atoms with Gasteiger partial charge in [0, 0.05) is 89.2 Å². The quantitative estimate of drug-likeness (QED) is 0.0170. The number of nitrogens with one attached hydrogen (secondary N) is 10. The summed E-state index contributed by atoms with van der Waals surface area (Å²) in [6.45, 7) is 14.9. The maximum Gasteiger partial charge on any atom is 0.253 e. The van der Waals surface area contributed by atoms with Crippen LogP contribution in [0.4, 0.5) is 0 Å². The highest BCUT2D eigenvalue weighted by molar-refractivity contribution is 6.13. The van der Waals surface area contributed by atoms with Crippen LogP contribution in [0, 0.1) is 0 Å². The second-order valence-corrected chi connectivity index (χ2v) is 34.1. The fourth-order valence-corrected chi connectivity index (χ4v) is 14.2. The van der Waals surface area contributed by atoms with Gasteiger partial charge >= 0.3 is 0 Å². The zero-order valence-corrected chi connectivity index (χ0v) is 87.2. The molecule has 150 heavy (non-hydrogen) atoms. The molecule has 10 N–H and O–H groups in total. The molecule has 0 spiro atoms. The van der Waals surface area contributed by atoms with Gasteiger partial charge in [-0.05, 0) is 50.7 Å². The number of rotatable bonds is 73. The molecule has 1 saturated heterocycles. The van der Waals surface area contributed by atoms with Crippen LogP contribution in [0.1, 0.15) is 69.9 Å². The van der Waals surface area contributed by atoms with Crippen molar-refractivity contribution in [2.45, 2.75) is 95.8 Å². The Morgan fingerprint density at radius 3 is 1.05 bits per heavy atom. The van der Waals surface area contributed by atoms with Crippen molar-refractivity contribution in [3.8, 4) is 0 Å². The molecule has 1 saturated carbocycles. The number of carbonyl (C=O) groups is 15. The molecule has 5 rings (SSSR count). The predicted octanol–water partition coefficient (Wildman–Crippen LogP) is -4.29. The molecule has 50 nitrogen and oxygen atoms in total. The molecule has 2 atom stereocenters. The Labute approximate surface area is 877 Å². The van der Waals surface area contributed by atoms with Crippen LogP contribution in [0.2, 0.25) is 0 Å². The number of Topliss-reactive ketones (excluding diaryl/α,β-unsaturated/α-hetero) is 2. The minimum atomic E-state index is -1.13. The Kier molecular flexibility index (Phi) is 76.8. The van der Waals surface area contributed by atoms with Crippen molar-refractivity contribution in [3.63, 3.8) is 0 Å². The molecular formula is C100H162N14O36. The van der Waals surface area contributed by atoms with Crippen LogP contribution in [0.5, 0.6) is 0 Å². The van der Waals surface area contributed by atoms with Gasteiger partial charge in [-0.3, -0.25) is 86.6 Å². The van der Waals surface area contributed by atoms with Gasteiger partial charge in [-0.2, -0.15) is 0 Å². The van der Waals surface area contributed by atoms with Gasteiger partial charge in [-0.15, -0.1) is 0 Å². The number of hydrogen-bond acceptors (Lipinski definition) is 38. The summed E-state index contributed by atoms with van der Waals surface area (Å²) in [7, 11) is 0. The van der Waals surface area contributed by atoms with E-state index in [0.29, 0.717) is 256 Å². The van der Waals surface area contributed by atoms with Gasteiger partial charge < -0.3 is 158 Å². The standard InChI is InChI=1S/C100H162N14O36/c1-80(115)71-105-99(128)86(69-82-9-5-3-6-10-82)109-93(122)75-103-90(119)72-101-88(117)19-29-130-39-42-135-34-24-112(25-35-136-43-40-131-30-20-89(118)102-73-91(120)104-76-94(123)110-87(70-83-11-7-4-8-12-83)100(129)106-74-92(121)107-79-150-78-81(2)116)85-15-13-84(14-16-85)108-95(124)77-111-22-32-133-44-50-141-56-58-143-52-46-137-36-26-113(27-37-138-47-53-144-59-57-142-51-45-134-33-23-111)96(125)21-31-132-41-49-140-55-61-146-63-65-148-67-68-149-66-64-147-62-60-145-54-48-139-38-28-114-97(126)17-18-98(114)127/h3-12,17-18,84-87H,13-16,19-79H2,1-2H3,(H,101,117)(H,102,118)(H,103,119)(H,104,120)(H,105,128)(H,106,129)(H,107,121)(H,108,124)(H,109,122)(H,110,123)/t84?,85?,86-,87-/m0/s1. The van der Waals surface area contributed by atoms with E-state index in [1.807, 2.05) is 11.0 Å². The summed E-state index contributed by atoms with van der Waals surface area (Å²) in [5.74, 6) is -6.87. The van der Waals surface area contributed by atoms with Crippen LogP contribution >= 0.6 is 0 Å². The maximum absolute atomic E-state index is 13.9. The SMILES string of the molecule is CC(=O)CNC(=O)[C@H](Cc1ccccc1)NC(=O)CNC(=O)CNC(=O)CCOCCOCCN(CCOCCOCCC(=O)NCC(=O)NCC(=O)N[C@@H](Cc1ccccc1)C(=O)NCC(=O)NCOCC(C)=O)C1CCC(NC(=O)CN2CCOCCOCCOCCOCCN(C(=O)CCOCCOCCOCCOCCOCCOCCOCCOCCN3C(=O)C=CC3=O)CCOCCOCCOCCOCC2)CC1. The summed E-state index contributed by atoms with van der Waals surface area (Å²) >= 11 is 0. The van der Waals surface area contributed by atoms with Gasteiger partial charge in [0.15, 0.2) is 5.78 Å². The van der Waals surface area contributed by atoms with Crippen LogP contribution in [-0.4, -0.2) is 501 Å². The summed E-state index contributed by atoms with van der Waals surface area (Å²) in [6.07, 6.45) is 5.62. The Morgan fingerprint density at radius 1 is 0.333 bits per heavy atom. The molecule has 2 aliphatic heterocycles. The number of imide groups is 1. The molecule has 0 bridgehead atoms. The minimum absolute atomic E-state index is 0.0146. The van der Waals surface area contributed by atoms with Gasteiger partial charge in [0.05, 0.1) is 323 Å². The largest absolute Gasteiger partial charge is 0.379 e. The zero-order valence-electron chi connectivity index (χ0n) is 87.2. The van der Waals surface area contributed by atoms with E-state index < -0.39 is 98.0 Å². The van der Waals surface area contributed by atoms with E-state index in [9.17, 15) is 71.9 Å². The van der Waals surface area contributed by atoms with Crippen molar-refractivity contribution in [3.05, 3.63) is 83.9 Å². The molecule has 0 unspecified atom stereocenters. The molecule has 0 aromatic heterocycles. The van der Waals surface area contributed by atoms with E-state index in [4.69, 9.17) is 99.5 Å². The van der Waals surface area contributed by atoms with Crippen LogP contribution in [0.3, 0.4) is 0 Å². The minimum Gasteiger partial charge on any atom is -0.379 e. The van der Waals surface area contributed by atoms with E-state index in [0.717, 1.165) is 23.3 Å². The fraction of sp³-hybridized carbons (Fsp3) is 0.710. The van der Waals surface area contributed by atoms with Gasteiger partial charge in [0.1, 0.15) is 31.2 Å².